The topological polar surface area (TPSA) is 17.1 Å². The van der Waals surface area contributed by atoms with Gasteiger partial charge in [0.15, 0.2) is 0 Å². The molecule has 0 aliphatic rings. The summed E-state index contributed by atoms with van der Waals surface area (Å²) >= 11 is 0. The Balaban J connectivity index is 2.86. The van der Waals surface area contributed by atoms with E-state index < -0.39 is 8.07 Å². The second-order valence-electron chi connectivity index (χ2n) is 5.32. The van der Waals surface area contributed by atoms with Crippen molar-refractivity contribution >= 4 is 19.5 Å². The Labute approximate surface area is 112 Å². The largest absolute Gasteiger partial charge is 0.303 e. The predicted octanol–water partition coefficient (Wildman–Crippen LogP) is 3.92. The molecule has 0 amide bonds. The molecule has 0 aliphatic carbocycles. The molecule has 0 aromatic heterocycles. The first kappa shape index (κ1) is 14.9. The fourth-order valence-electron chi connectivity index (χ4n) is 2.43. The molecular formula is C16H24OSi. The van der Waals surface area contributed by atoms with Gasteiger partial charge in [0, 0.05) is 6.42 Å². The normalized spacial score (nSPS) is 13.7. The van der Waals surface area contributed by atoms with E-state index in [1.165, 1.54) is 5.19 Å². The smallest absolute Gasteiger partial charge is 0.119 e. The minimum atomic E-state index is -1.48. The van der Waals surface area contributed by atoms with E-state index in [4.69, 9.17) is 0 Å². The third kappa shape index (κ3) is 3.95. The molecule has 18 heavy (non-hydrogen) atoms. The molecule has 0 heterocycles. The lowest BCUT2D eigenvalue weighted by molar-refractivity contribution is -0.107. The Bertz CT molecular complexity index is 381. The van der Waals surface area contributed by atoms with E-state index in [0.29, 0.717) is 12.0 Å². The standard InChI is InChI=1S/C16H24OSi/c1-4-10-15(13-8-9-14-17)18(2,3)16-11-6-5-7-12-16/h4-7,10-12,14-15H,8-9,13H2,1-3H3/b10-4+/t15-/m1/s1. The lowest BCUT2D eigenvalue weighted by atomic mass is 10.2. The van der Waals surface area contributed by atoms with E-state index in [0.717, 1.165) is 19.1 Å². The molecule has 0 saturated carbocycles. The number of hydrogen-bond donors (Lipinski definition) is 0. The number of rotatable bonds is 7. The van der Waals surface area contributed by atoms with E-state index in [1.54, 1.807) is 0 Å². The summed E-state index contributed by atoms with van der Waals surface area (Å²) in [5, 5.41) is 1.50. The maximum Gasteiger partial charge on any atom is 0.119 e. The van der Waals surface area contributed by atoms with Gasteiger partial charge in [0.1, 0.15) is 6.29 Å². The molecule has 0 N–H and O–H groups in total. The number of benzene rings is 1. The molecule has 1 atom stereocenters. The summed E-state index contributed by atoms with van der Waals surface area (Å²) in [6.45, 7) is 6.93. The fourth-order valence-corrected chi connectivity index (χ4v) is 5.51. The Morgan fingerprint density at radius 2 is 1.89 bits per heavy atom. The van der Waals surface area contributed by atoms with Crippen molar-refractivity contribution in [3.8, 4) is 0 Å². The minimum absolute atomic E-state index is 0.616. The van der Waals surface area contributed by atoms with E-state index in [1.807, 2.05) is 0 Å². The zero-order valence-corrected chi connectivity index (χ0v) is 12.7. The highest BCUT2D eigenvalue weighted by Gasteiger charge is 2.31. The first-order valence-corrected chi connectivity index (χ1v) is 9.82. The maximum absolute atomic E-state index is 10.5. The molecular weight excluding hydrogens is 236 g/mol. The average Bonchev–Trinajstić information content (AvgIpc) is 2.39. The molecule has 0 radical (unpaired) electrons. The minimum Gasteiger partial charge on any atom is -0.303 e. The van der Waals surface area contributed by atoms with Crippen LogP contribution in [0.1, 0.15) is 26.2 Å². The van der Waals surface area contributed by atoms with Gasteiger partial charge in [0.05, 0.1) is 8.07 Å². The number of carbonyl (C=O) groups is 1. The van der Waals surface area contributed by atoms with E-state index in [-0.39, 0.29) is 0 Å². The monoisotopic (exact) mass is 260 g/mol. The third-order valence-electron chi connectivity index (χ3n) is 3.71. The van der Waals surface area contributed by atoms with Gasteiger partial charge in [-0.05, 0) is 25.3 Å². The summed E-state index contributed by atoms with van der Waals surface area (Å²) in [4.78, 5) is 10.5. The Kier molecular flexibility index (Phi) is 6.06. The predicted molar refractivity (Wildman–Crippen MR) is 82.0 cm³/mol. The lowest BCUT2D eigenvalue weighted by Gasteiger charge is -2.31. The maximum atomic E-state index is 10.5. The molecule has 0 fully saturated rings. The molecule has 0 spiro atoms. The van der Waals surface area contributed by atoms with Crippen molar-refractivity contribution in [2.75, 3.05) is 0 Å². The van der Waals surface area contributed by atoms with Crippen molar-refractivity contribution in [3.05, 3.63) is 42.5 Å². The SMILES string of the molecule is C/C=C/[C@H](CCCC=O)[Si](C)(C)c1ccccc1. The Morgan fingerprint density at radius 1 is 1.22 bits per heavy atom. The molecule has 0 bridgehead atoms. The van der Waals surface area contributed by atoms with Crippen molar-refractivity contribution in [3.63, 3.8) is 0 Å². The average molecular weight is 260 g/mol. The van der Waals surface area contributed by atoms with E-state index >= 15 is 0 Å². The molecule has 1 aromatic carbocycles. The third-order valence-corrected chi connectivity index (χ3v) is 7.86. The van der Waals surface area contributed by atoms with Crippen LogP contribution >= 0.6 is 0 Å². The molecule has 1 rings (SSSR count). The summed E-state index contributed by atoms with van der Waals surface area (Å²) < 4.78 is 0. The number of allylic oxidation sites excluding steroid dienone is 2. The summed E-state index contributed by atoms with van der Waals surface area (Å²) in [7, 11) is -1.48. The number of hydrogen-bond acceptors (Lipinski definition) is 1. The van der Waals surface area contributed by atoms with Crippen LogP contribution in [0.25, 0.3) is 0 Å². The van der Waals surface area contributed by atoms with Crippen molar-refractivity contribution in [2.45, 2.75) is 44.8 Å². The van der Waals surface area contributed by atoms with Crippen molar-refractivity contribution in [1.29, 1.82) is 0 Å². The Hall–Kier alpha value is -1.15. The summed E-state index contributed by atoms with van der Waals surface area (Å²) in [6, 6.07) is 10.8. The summed E-state index contributed by atoms with van der Waals surface area (Å²) in [5.74, 6) is 0. The van der Waals surface area contributed by atoms with Gasteiger partial charge in [0.2, 0.25) is 0 Å². The molecule has 1 nitrogen and oxygen atoms in total. The molecule has 98 valence electrons. The molecule has 0 aliphatic heterocycles. The van der Waals surface area contributed by atoms with Gasteiger partial charge in [-0.1, -0.05) is 60.8 Å². The molecule has 0 unspecified atom stereocenters. The van der Waals surface area contributed by atoms with E-state index in [9.17, 15) is 4.79 Å². The summed E-state index contributed by atoms with van der Waals surface area (Å²) in [6.07, 6.45) is 8.34. The van der Waals surface area contributed by atoms with Crippen molar-refractivity contribution < 1.29 is 4.79 Å². The van der Waals surface area contributed by atoms with Crippen LogP contribution in [0.2, 0.25) is 18.6 Å². The van der Waals surface area contributed by atoms with Crippen molar-refractivity contribution in [1.82, 2.24) is 0 Å². The number of carbonyl (C=O) groups excluding carboxylic acids is 1. The lowest BCUT2D eigenvalue weighted by Crippen LogP contribution is -2.45. The van der Waals surface area contributed by atoms with Crippen LogP contribution in [0.5, 0.6) is 0 Å². The zero-order valence-electron chi connectivity index (χ0n) is 11.7. The quantitative estimate of drug-likeness (QED) is 0.314. The van der Waals surface area contributed by atoms with Gasteiger partial charge in [-0.3, -0.25) is 0 Å². The van der Waals surface area contributed by atoms with Gasteiger partial charge in [0.25, 0.3) is 0 Å². The molecule has 0 saturated heterocycles. The molecule has 2 heteroatoms. The number of aldehydes is 1. The fraction of sp³-hybridized carbons (Fsp3) is 0.438. The van der Waals surface area contributed by atoms with Crippen molar-refractivity contribution in [2.24, 2.45) is 0 Å². The highest BCUT2D eigenvalue weighted by Crippen LogP contribution is 2.28. The van der Waals surface area contributed by atoms with Gasteiger partial charge in [-0.15, -0.1) is 0 Å². The zero-order chi connectivity index (χ0) is 13.4. The number of unbranched alkanes of at least 4 members (excludes halogenated alkanes) is 1. The van der Waals surface area contributed by atoms with Gasteiger partial charge in [-0.2, -0.15) is 0 Å². The highest BCUT2D eigenvalue weighted by atomic mass is 28.3. The Morgan fingerprint density at radius 3 is 2.44 bits per heavy atom. The van der Waals surface area contributed by atoms with Crippen LogP contribution in [-0.4, -0.2) is 14.4 Å². The van der Waals surface area contributed by atoms with Crippen LogP contribution in [0.4, 0.5) is 0 Å². The van der Waals surface area contributed by atoms with Crippen LogP contribution in [0.3, 0.4) is 0 Å². The van der Waals surface area contributed by atoms with Crippen LogP contribution in [0, 0.1) is 0 Å². The van der Waals surface area contributed by atoms with Gasteiger partial charge in [-0.25, -0.2) is 0 Å². The first-order valence-electron chi connectivity index (χ1n) is 6.75. The van der Waals surface area contributed by atoms with Gasteiger partial charge >= 0.3 is 0 Å². The summed E-state index contributed by atoms with van der Waals surface area (Å²) in [5.41, 5.74) is 0.616. The van der Waals surface area contributed by atoms with E-state index in [2.05, 4.69) is 62.5 Å². The first-order chi connectivity index (χ1) is 8.62. The second kappa shape index (κ2) is 7.32. The second-order valence-corrected chi connectivity index (χ2v) is 10.1. The molecule has 1 aromatic rings. The van der Waals surface area contributed by atoms with Crippen LogP contribution in [0.15, 0.2) is 42.5 Å². The van der Waals surface area contributed by atoms with Gasteiger partial charge < -0.3 is 4.79 Å². The van der Waals surface area contributed by atoms with Crippen LogP contribution < -0.4 is 5.19 Å². The van der Waals surface area contributed by atoms with Crippen LogP contribution in [-0.2, 0) is 4.79 Å². The highest BCUT2D eigenvalue weighted by molar-refractivity contribution is 6.91.